The largest absolute Gasteiger partial charge is 0.397 e. The third-order valence-electron chi connectivity index (χ3n) is 2.15. The average Bonchev–Trinajstić information content (AvgIpc) is 2.25. The van der Waals surface area contributed by atoms with E-state index < -0.39 is 5.91 Å². The van der Waals surface area contributed by atoms with Crippen LogP contribution in [0.5, 0.6) is 0 Å². The lowest BCUT2D eigenvalue weighted by Crippen LogP contribution is -2.25. The minimum atomic E-state index is -0.509. The number of thioether (sulfide) groups is 1. The van der Waals surface area contributed by atoms with E-state index in [1.807, 2.05) is 18.2 Å². The maximum atomic E-state index is 11.2. The van der Waals surface area contributed by atoms with E-state index in [2.05, 4.69) is 4.98 Å². The maximum absolute atomic E-state index is 11.2. The van der Waals surface area contributed by atoms with Crippen molar-refractivity contribution in [3.63, 3.8) is 0 Å². The monoisotopic (exact) mass is 240 g/mol. The summed E-state index contributed by atoms with van der Waals surface area (Å²) < 4.78 is 0. The number of hydrogen-bond acceptors (Lipinski definition) is 5. The molecule has 0 radical (unpaired) electrons. The average molecular weight is 240 g/mol. The molecule has 4 N–H and O–H groups in total. The van der Waals surface area contributed by atoms with Gasteiger partial charge in [-0.15, -0.1) is 0 Å². The first-order chi connectivity index (χ1) is 7.56. The summed E-state index contributed by atoms with van der Waals surface area (Å²) in [4.78, 5) is 17.3. The van der Waals surface area contributed by atoms with Gasteiger partial charge in [0.15, 0.2) is 0 Å². The van der Waals surface area contributed by atoms with E-state index in [-0.39, 0.29) is 0 Å². The van der Waals surface area contributed by atoms with Crippen LogP contribution in [0.3, 0.4) is 0 Å². The van der Waals surface area contributed by atoms with Crippen molar-refractivity contribution in [2.75, 3.05) is 36.2 Å². The van der Waals surface area contributed by atoms with E-state index in [9.17, 15) is 4.79 Å². The van der Waals surface area contributed by atoms with E-state index in [0.29, 0.717) is 17.1 Å². The second kappa shape index (κ2) is 5.60. The van der Waals surface area contributed by atoms with Crippen molar-refractivity contribution >= 4 is 29.2 Å². The summed E-state index contributed by atoms with van der Waals surface area (Å²) >= 11 is 1.73. The van der Waals surface area contributed by atoms with E-state index in [1.54, 1.807) is 17.8 Å². The molecule has 0 unspecified atom stereocenters. The zero-order chi connectivity index (χ0) is 12.1. The molecule has 1 aromatic heterocycles. The molecule has 0 aliphatic heterocycles. The van der Waals surface area contributed by atoms with E-state index >= 15 is 0 Å². The normalized spacial score (nSPS) is 10.1. The molecule has 1 heterocycles. The Morgan fingerprint density at radius 2 is 2.31 bits per heavy atom. The Morgan fingerprint density at radius 3 is 2.88 bits per heavy atom. The number of nitrogen functional groups attached to an aromatic ring is 1. The van der Waals surface area contributed by atoms with Gasteiger partial charge >= 0.3 is 0 Å². The molecule has 0 aliphatic carbocycles. The first-order valence-corrected chi connectivity index (χ1v) is 6.21. The van der Waals surface area contributed by atoms with Crippen LogP contribution in [0, 0.1) is 0 Å². The van der Waals surface area contributed by atoms with Crippen LogP contribution in [-0.2, 0) is 0 Å². The number of rotatable bonds is 5. The summed E-state index contributed by atoms with van der Waals surface area (Å²) in [5.74, 6) is 1.03. The van der Waals surface area contributed by atoms with Crippen molar-refractivity contribution in [1.82, 2.24) is 4.98 Å². The molecule has 88 valence electrons. The number of nitrogens with zero attached hydrogens (tertiary/aromatic N) is 2. The van der Waals surface area contributed by atoms with Gasteiger partial charge in [-0.25, -0.2) is 4.98 Å². The number of pyridine rings is 1. The fraction of sp³-hybridized carbons (Fsp3) is 0.400. The Labute approximate surface area is 99.2 Å². The van der Waals surface area contributed by atoms with Crippen LogP contribution in [0.4, 0.5) is 11.5 Å². The summed E-state index contributed by atoms with van der Waals surface area (Å²) in [6.45, 7) is 0.804. The standard InChI is InChI=1S/C10H16N4OS/c1-14(3-4-16-2)10-8(9(12)15)5-7(11)6-13-10/h5-6H,3-4,11H2,1-2H3,(H2,12,15). The van der Waals surface area contributed by atoms with Crippen molar-refractivity contribution in [3.8, 4) is 0 Å². The molecule has 0 fully saturated rings. The second-order valence-electron chi connectivity index (χ2n) is 3.42. The van der Waals surface area contributed by atoms with Crippen LogP contribution >= 0.6 is 11.8 Å². The van der Waals surface area contributed by atoms with Crippen molar-refractivity contribution in [3.05, 3.63) is 17.8 Å². The van der Waals surface area contributed by atoms with Gasteiger partial charge in [-0.3, -0.25) is 4.79 Å². The smallest absolute Gasteiger partial charge is 0.252 e. The lowest BCUT2D eigenvalue weighted by Gasteiger charge is -2.19. The highest BCUT2D eigenvalue weighted by Gasteiger charge is 2.13. The third-order valence-corrected chi connectivity index (χ3v) is 2.74. The molecule has 0 bridgehead atoms. The van der Waals surface area contributed by atoms with Crippen LogP contribution in [0.1, 0.15) is 10.4 Å². The molecule has 0 atom stereocenters. The van der Waals surface area contributed by atoms with Gasteiger partial charge in [-0.1, -0.05) is 0 Å². The zero-order valence-electron chi connectivity index (χ0n) is 9.43. The molecule has 1 aromatic rings. The lowest BCUT2D eigenvalue weighted by atomic mass is 10.2. The Morgan fingerprint density at radius 1 is 1.62 bits per heavy atom. The highest BCUT2D eigenvalue weighted by atomic mass is 32.2. The van der Waals surface area contributed by atoms with E-state index in [0.717, 1.165) is 12.3 Å². The van der Waals surface area contributed by atoms with Crippen molar-refractivity contribution in [2.45, 2.75) is 0 Å². The third kappa shape index (κ3) is 3.03. The van der Waals surface area contributed by atoms with E-state index in [4.69, 9.17) is 11.5 Å². The predicted octanol–water partition coefficient (Wildman–Crippen LogP) is 0.562. The fourth-order valence-electron chi connectivity index (χ4n) is 1.29. The highest BCUT2D eigenvalue weighted by molar-refractivity contribution is 7.98. The highest BCUT2D eigenvalue weighted by Crippen LogP contribution is 2.18. The summed E-state index contributed by atoms with van der Waals surface area (Å²) in [6.07, 6.45) is 3.55. The number of nitrogens with two attached hydrogens (primary N) is 2. The lowest BCUT2D eigenvalue weighted by molar-refractivity contribution is 0.100. The summed E-state index contributed by atoms with van der Waals surface area (Å²) in [7, 11) is 1.88. The number of hydrogen-bond donors (Lipinski definition) is 2. The van der Waals surface area contributed by atoms with Crippen LogP contribution < -0.4 is 16.4 Å². The molecule has 0 spiro atoms. The van der Waals surface area contributed by atoms with Gasteiger partial charge in [-0.05, 0) is 12.3 Å². The molecular weight excluding hydrogens is 224 g/mol. The molecule has 1 amide bonds. The molecule has 0 aliphatic rings. The number of aromatic nitrogens is 1. The Balaban J connectivity index is 2.98. The van der Waals surface area contributed by atoms with Crippen LogP contribution in [0.15, 0.2) is 12.3 Å². The zero-order valence-corrected chi connectivity index (χ0v) is 10.3. The van der Waals surface area contributed by atoms with Crippen molar-refractivity contribution in [1.29, 1.82) is 0 Å². The topological polar surface area (TPSA) is 85.2 Å². The molecule has 0 saturated heterocycles. The van der Waals surface area contributed by atoms with Crippen LogP contribution in [0.25, 0.3) is 0 Å². The minimum absolute atomic E-state index is 0.364. The van der Waals surface area contributed by atoms with Gasteiger partial charge in [0.25, 0.3) is 5.91 Å². The molecule has 5 nitrogen and oxygen atoms in total. The minimum Gasteiger partial charge on any atom is -0.397 e. The number of amides is 1. The van der Waals surface area contributed by atoms with Gasteiger partial charge in [0.2, 0.25) is 0 Å². The predicted molar refractivity (Wildman–Crippen MR) is 68.8 cm³/mol. The van der Waals surface area contributed by atoms with Crippen molar-refractivity contribution < 1.29 is 4.79 Å². The number of carbonyl (C=O) groups excluding carboxylic acids is 1. The SMILES string of the molecule is CSCCN(C)c1ncc(N)cc1C(N)=O. The fourth-order valence-corrected chi connectivity index (χ4v) is 1.75. The first kappa shape index (κ1) is 12.6. The van der Waals surface area contributed by atoms with Gasteiger partial charge in [0, 0.05) is 19.3 Å². The second-order valence-corrected chi connectivity index (χ2v) is 4.40. The number of carbonyl (C=O) groups is 1. The van der Waals surface area contributed by atoms with Gasteiger partial charge in [0.05, 0.1) is 17.4 Å². The van der Waals surface area contributed by atoms with Gasteiger partial charge < -0.3 is 16.4 Å². The number of anilines is 2. The molecule has 16 heavy (non-hydrogen) atoms. The molecule has 6 heteroatoms. The van der Waals surface area contributed by atoms with Crippen LogP contribution in [-0.4, -0.2) is 36.5 Å². The quantitative estimate of drug-likeness (QED) is 0.785. The molecule has 0 aromatic carbocycles. The Bertz CT molecular complexity index is 383. The van der Waals surface area contributed by atoms with E-state index in [1.165, 1.54) is 6.20 Å². The Hall–Kier alpha value is -1.43. The summed E-state index contributed by atoms with van der Waals surface area (Å²) in [6, 6.07) is 1.56. The Kier molecular flexibility index (Phi) is 4.42. The van der Waals surface area contributed by atoms with Crippen LogP contribution in [0.2, 0.25) is 0 Å². The van der Waals surface area contributed by atoms with Gasteiger partial charge in [0.1, 0.15) is 5.82 Å². The summed E-state index contributed by atoms with van der Waals surface area (Å²) in [5.41, 5.74) is 11.7. The van der Waals surface area contributed by atoms with Crippen molar-refractivity contribution in [2.24, 2.45) is 5.73 Å². The maximum Gasteiger partial charge on any atom is 0.252 e. The van der Waals surface area contributed by atoms with Gasteiger partial charge in [-0.2, -0.15) is 11.8 Å². The molecule has 0 saturated carbocycles. The summed E-state index contributed by atoms with van der Waals surface area (Å²) in [5, 5.41) is 0. The number of primary amides is 1. The molecule has 1 rings (SSSR count). The first-order valence-electron chi connectivity index (χ1n) is 4.81. The molecular formula is C10H16N4OS.